The van der Waals surface area contributed by atoms with Gasteiger partial charge < -0.3 is 10.5 Å². The topological polar surface area (TPSA) is 79.3 Å². The Hall–Kier alpha value is -3.53. The first-order valence-electron chi connectivity index (χ1n) is 12.5. The number of nitriles is 1. The summed E-state index contributed by atoms with van der Waals surface area (Å²) >= 11 is 9.67. The van der Waals surface area contributed by atoms with E-state index in [1.807, 2.05) is 55.1 Å². The molecule has 38 heavy (non-hydrogen) atoms. The van der Waals surface area contributed by atoms with E-state index >= 15 is 0 Å². The molecule has 7 heteroatoms. The second-order valence-corrected chi connectivity index (χ2v) is 10.9. The SMILES string of the molecule is Cc1cc(COc2ccccc2Br)c(C)c(C2C(C#N)=C(N)N(c3ccc(Cl)cc3)C3=C2C(=O)CCC3)c1. The first kappa shape index (κ1) is 26.1. The van der Waals surface area contributed by atoms with E-state index in [2.05, 4.69) is 34.1 Å². The van der Waals surface area contributed by atoms with Crippen LogP contribution in [0.15, 0.2) is 87.8 Å². The molecule has 5 rings (SSSR count). The number of rotatable bonds is 5. The highest BCUT2D eigenvalue weighted by Gasteiger charge is 2.41. The highest BCUT2D eigenvalue weighted by atomic mass is 79.9. The summed E-state index contributed by atoms with van der Waals surface area (Å²) in [5.41, 5.74) is 13.3. The Bertz CT molecular complexity index is 1540. The molecule has 1 unspecified atom stereocenters. The molecule has 192 valence electrons. The van der Waals surface area contributed by atoms with Gasteiger partial charge in [-0.15, -0.1) is 0 Å². The number of nitrogens with zero attached hydrogens (tertiary/aromatic N) is 2. The van der Waals surface area contributed by atoms with E-state index in [1.165, 1.54) is 0 Å². The van der Waals surface area contributed by atoms with Gasteiger partial charge in [0, 0.05) is 28.4 Å². The number of carbonyl (C=O) groups excluding carboxylic acids is 1. The summed E-state index contributed by atoms with van der Waals surface area (Å²) in [6, 6.07) is 21.5. The molecule has 3 aromatic rings. The minimum absolute atomic E-state index is 0.0578. The lowest BCUT2D eigenvalue weighted by Gasteiger charge is -2.40. The Morgan fingerprint density at radius 2 is 1.87 bits per heavy atom. The van der Waals surface area contributed by atoms with E-state index in [4.69, 9.17) is 22.1 Å². The predicted molar refractivity (Wildman–Crippen MR) is 154 cm³/mol. The third-order valence-corrected chi connectivity index (χ3v) is 8.14. The largest absolute Gasteiger partial charge is 0.488 e. The summed E-state index contributed by atoms with van der Waals surface area (Å²) < 4.78 is 7.02. The number of carbonyl (C=O) groups is 1. The van der Waals surface area contributed by atoms with Crippen molar-refractivity contribution in [2.75, 3.05) is 4.90 Å². The second-order valence-electron chi connectivity index (χ2n) is 9.65. The third kappa shape index (κ3) is 4.73. The molecule has 0 bridgehead atoms. The Labute approximate surface area is 236 Å². The van der Waals surface area contributed by atoms with Crippen molar-refractivity contribution in [3.63, 3.8) is 0 Å². The fourth-order valence-corrected chi connectivity index (χ4v) is 5.94. The van der Waals surface area contributed by atoms with Gasteiger partial charge in [0.25, 0.3) is 0 Å². The zero-order chi connectivity index (χ0) is 27.0. The molecule has 2 N–H and O–H groups in total. The van der Waals surface area contributed by atoms with E-state index in [-0.39, 0.29) is 5.78 Å². The lowest BCUT2D eigenvalue weighted by molar-refractivity contribution is -0.116. The highest BCUT2D eigenvalue weighted by Crippen LogP contribution is 2.47. The van der Waals surface area contributed by atoms with E-state index in [0.29, 0.717) is 41.4 Å². The van der Waals surface area contributed by atoms with Gasteiger partial charge >= 0.3 is 0 Å². The van der Waals surface area contributed by atoms with Gasteiger partial charge in [-0.2, -0.15) is 5.26 Å². The minimum Gasteiger partial charge on any atom is -0.488 e. The van der Waals surface area contributed by atoms with Gasteiger partial charge in [-0.05, 0) is 95.7 Å². The lowest BCUT2D eigenvalue weighted by atomic mass is 9.73. The number of Topliss-reactive ketones (excluding diaryl/α,β-unsaturated/α-hetero) is 1. The molecule has 1 aliphatic carbocycles. The number of allylic oxidation sites excluding steroid dienone is 3. The summed E-state index contributed by atoms with van der Waals surface area (Å²) in [7, 11) is 0. The smallest absolute Gasteiger partial charge is 0.161 e. The van der Waals surface area contributed by atoms with Crippen molar-refractivity contribution in [2.24, 2.45) is 5.73 Å². The third-order valence-electron chi connectivity index (χ3n) is 7.23. The molecule has 2 aliphatic rings. The number of benzene rings is 3. The second kappa shape index (κ2) is 10.7. The van der Waals surface area contributed by atoms with Gasteiger partial charge in [0.2, 0.25) is 0 Å². The summed E-state index contributed by atoms with van der Waals surface area (Å²) in [6.07, 6.45) is 1.88. The number of hydrogen-bond acceptors (Lipinski definition) is 5. The molecule has 1 aliphatic heterocycles. The van der Waals surface area contributed by atoms with E-state index in [0.717, 1.165) is 50.3 Å². The van der Waals surface area contributed by atoms with Gasteiger partial charge in [-0.1, -0.05) is 41.4 Å². The number of ketones is 1. The first-order chi connectivity index (χ1) is 18.3. The molecule has 0 radical (unpaired) electrons. The molecule has 0 spiro atoms. The monoisotopic (exact) mass is 587 g/mol. The van der Waals surface area contributed by atoms with Crippen molar-refractivity contribution >= 4 is 39.0 Å². The lowest BCUT2D eigenvalue weighted by Crippen LogP contribution is -2.39. The molecular weight excluding hydrogens is 562 g/mol. The van der Waals surface area contributed by atoms with Crippen molar-refractivity contribution < 1.29 is 9.53 Å². The van der Waals surface area contributed by atoms with Crippen LogP contribution in [0, 0.1) is 25.2 Å². The van der Waals surface area contributed by atoms with Gasteiger partial charge in [-0.3, -0.25) is 9.69 Å². The zero-order valence-electron chi connectivity index (χ0n) is 21.2. The van der Waals surface area contributed by atoms with Gasteiger partial charge in [0.05, 0.1) is 22.0 Å². The summed E-state index contributed by atoms with van der Waals surface area (Å²) in [5, 5.41) is 11.0. The standard InChI is InChI=1S/C31H27BrClN3O2/c1-18-14-20(17-38-28-9-4-3-6-25(28)32)19(2)23(15-18)29-24(16-34)31(35)36(22-12-10-21(33)11-13-22)26-7-5-8-27(37)30(26)29/h3-4,6,9-15,29H,5,7-8,17,35H2,1-2H3. The van der Waals surface area contributed by atoms with Crippen LogP contribution < -0.4 is 15.4 Å². The molecule has 0 amide bonds. The first-order valence-corrected chi connectivity index (χ1v) is 13.7. The maximum absolute atomic E-state index is 13.5. The van der Waals surface area contributed by atoms with Gasteiger partial charge in [0.15, 0.2) is 5.78 Å². The summed E-state index contributed by atoms with van der Waals surface area (Å²) in [4.78, 5) is 15.4. The molecule has 1 atom stereocenters. The Morgan fingerprint density at radius 3 is 2.58 bits per heavy atom. The van der Waals surface area contributed by atoms with Crippen LogP contribution in [0.3, 0.4) is 0 Å². The Kier molecular flexibility index (Phi) is 7.34. The molecule has 0 saturated heterocycles. The number of nitrogens with two attached hydrogens (primary N) is 1. The summed E-state index contributed by atoms with van der Waals surface area (Å²) in [6.45, 7) is 4.40. The van der Waals surface area contributed by atoms with Crippen LogP contribution in [-0.2, 0) is 11.4 Å². The molecule has 0 saturated carbocycles. The Morgan fingerprint density at radius 1 is 1.13 bits per heavy atom. The fraction of sp³-hybridized carbons (Fsp3) is 0.226. The highest BCUT2D eigenvalue weighted by molar-refractivity contribution is 9.10. The quantitative estimate of drug-likeness (QED) is 0.332. The number of para-hydroxylation sites is 1. The predicted octanol–water partition coefficient (Wildman–Crippen LogP) is 7.60. The number of halogens is 2. The molecule has 1 heterocycles. The van der Waals surface area contributed by atoms with Crippen LogP contribution in [0.4, 0.5) is 5.69 Å². The van der Waals surface area contributed by atoms with Crippen molar-refractivity contribution in [3.8, 4) is 11.8 Å². The average Bonchev–Trinajstić information content (AvgIpc) is 2.90. The molecular formula is C31H27BrClN3O2. The van der Waals surface area contributed by atoms with Gasteiger partial charge in [-0.25, -0.2) is 0 Å². The van der Waals surface area contributed by atoms with E-state index in [9.17, 15) is 10.1 Å². The molecule has 0 aromatic heterocycles. The maximum Gasteiger partial charge on any atom is 0.161 e. The van der Waals surface area contributed by atoms with Crippen molar-refractivity contribution in [1.82, 2.24) is 0 Å². The normalized spacial score (nSPS) is 17.4. The molecule has 0 fully saturated rings. The number of hydrogen-bond donors (Lipinski definition) is 1. The molecule has 5 nitrogen and oxygen atoms in total. The van der Waals surface area contributed by atoms with Crippen LogP contribution in [-0.4, -0.2) is 5.78 Å². The van der Waals surface area contributed by atoms with Crippen LogP contribution in [0.25, 0.3) is 0 Å². The van der Waals surface area contributed by atoms with Crippen molar-refractivity contribution in [2.45, 2.75) is 45.6 Å². The number of ether oxygens (including phenoxy) is 1. The van der Waals surface area contributed by atoms with Crippen LogP contribution in [0.2, 0.25) is 5.02 Å². The van der Waals surface area contributed by atoms with E-state index in [1.54, 1.807) is 12.1 Å². The van der Waals surface area contributed by atoms with Crippen LogP contribution in [0.1, 0.15) is 47.4 Å². The van der Waals surface area contributed by atoms with E-state index < -0.39 is 5.92 Å². The molecule has 3 aromatic carbocycles. The van der Waals surface area contributed by atoms with Crippen molar-refractivity contribution in [1.29, 1.82) is 5.26 Å². The summed E-state index contributed by atoms with van der Waals surface area (Å²) in [5.74, 6) is 0.622. The number of anilines is 1. The van der Waals surface area contributed by atoms with Crippen LogP contribution in [0.5, 0.6) is 5.75 Å². The van der Waals surface area contributed by atoms with Crippen LogP contribution >= 0.6 is 27.5 Å². The maximum atomic E-state index is 13.5. The fourth-order valence-electron chi connectivity index (χ4n) is 5.41. The zero-order valence-corrected chi connectivity index (χ0v) is 23.6. The van der Waals surface area contributed by atoms with Gasteiger partial charge in [0.1, 0.15) is 18.2 Å². The minimum atomic E-state index is -0.534. The number of aryl methyl sites for hydroxylation is 1. The van der Waals surface area contributed by atoms with Crippen molar-refractivity contribution in [3.05, 3.63) is 115 Å². The Balaban J connectivity index is 1.64. The average molecular weight is 589 g/mol.